The van der Waals surface area contributed by atoms with Crippen molar-refractivity contribution in [3.8, 4) is 0 Å². The maximum atomic E-state index is 3.65. The molecule has 1 aliphatic heterocycles. The van der Waals surface area contributed by atoms with Gasteiger partial charge < -0.3 is 10.2 Å². The Morgan fingerprint density at radius 1 is 0.950 bits per heavy atom. The zero-order valence-corrected chi connectivity index (χ0v) is 14.1. The highest BCUT2D eigenvalue weighted by Gasteiger charge is 2.36. The van der Waals surface area contributed by atoms with Gasteiger partial charge in [0, 0.05) is 13.1 Å². The molecule has 2 fully saturated rings. The number of hydrogen-bond donors (Lipinski definition) is 1. The predicted molar refractivity (Wildman–Crippen MR) is 88.1 cm³/mol. The summed E-state index contributed by atoms with van der Waals surface area (Å²) in [7, 11) is 0. The highest BCUT2D eigenvalue weighted by Crippen LogP contribution is 2.39. The van der Waals surface area contributed by atoms with Gasteiger partial charge in [-0.1, -0.05) is 46.5 Å². The van der Waals surface area contributed by atoms with Crippen molar-refractivity contribution in [2.45, 2.75) is 72.1 Å². The molecule has 118 valence electrons. The average molecular weight is 280 g/mol. The minimum atomic E-state index is 0.578. The maximum absolute atomic E-state index is 3.65. The van der Waals surface area contributed by atoms with Crippen molar-refractivity contribution in [1.82, 2.24) is 10.2 Å². The molecule has 0 aromatic rings. The van der Waals surface area contributed by atoms with Crippen LogP contribution in [-0.2, 0) is 0 Å². The van der Waals surface area contributed by atoms with Crippen molar-refractivity contribution in [3.63, 3.8) is 0 Å². The van der Waals surface area contributed by atoms with Crippen molar-refractivity contribution in [1.29, 1.82) is 0 Å². The molecule has 1 heterocycles. The summed E-state index contributed by atoms with van der Waals surface area (Å²) in [5.74, 6) is 0. The van der Waals surface area contributed by atoms with E-state index in [4.69, 9.17) is 0 Å². The fourth-order valence-electron chi connectivity index (χ4n) is 4.16. The molecule has 2 rings (SSSR count). The van der Waals surface area contributed by atoms with Crippen LogP contribution in [0.2, 0.25) is 0 Å². The van der Waals surface area contributed by atoms with Crippen LogP contribution in [0.15, 0.2) is 0 Å². The minimum Gasteiger partial charge on any atom is -0.316 e. The van der Waals surface area contributed by atoms with Gasteiger partial charge in [0.2, 0.25) is 0 Å². The third kappa shape index (κ3) is 4.21. The molecule has 1 aliphatic carbocycles. The number of likely N-dealkylation sites (tertiary alicyclic amines) is 1. The molecule has 0 radical (unpaired) electrons. The van der Waals surface area contributed by atoms with Gasteiger partial charge in [0.25, 0.3) is 0 Å². The third-order valence-electron chi connectivity index (χ3n) is 6.14. The molecule has 0 amide bonds. The lowest BCUT2D eigenvalue weighted by Crippen LogP contribution is -2.48. The van der Waals surface area contributed by atoms with Gasteiger partial charge in [-0.05, 0) is 56.1 Å². The highest BCUT2D eigenvalue weighted by atomic mass is 15.1. The fourth-order valence-corrected chi connectivity index (χ4v) is 4.16. The van der Waals surface area contributed by atoms with E-state index in [-0.39, 0.29) is 0 Å². The van der Waals surface area contributed by atoms with Gasteiger partial charge >= 0.3 is 0 Å². The van der Waals surface area contributed by atoms with Gasteiger partial charge in [-0.3, -0.25) is 0 Å². The molecule has 1 N–H and O–H groups in total. The molecular formula is C18H36N2. The summed E-state index contributed by atoms with van der Waals surface area (Å²) < 4.78 is 0. The monoisotopic (exact) mass is 280 g/mol. The summed E-state index contributed by atoms with van der Waals surface area (Å²) in [5, 5.41) is 3.65. The fraction of sp³-hybridized carbons (Fsp3) is 1.00. The molecule has 0 aromatic carbocycles. The molecule has 20 heavy (non-hydrogen) atoms. The van der Waals surface area contributed by atoms with Crippen LogP contribution in [0.4, 0.5) is 0 Å². The van der Waals surface area contributed by atoms with Crippen molar-refractivity contribution >= 4 is 0 Å². The van der Waals surface area contributed by atoms with Crippen LogP contribution in [-0.4, -0.2) is 37.6 Å². The first kappa shape index (κ1) is 16.3. The molecule has 0 unspecified atom stereocenters. The lowest BCUT2D eigenvalue weighted by molar-refractivity contribution is 0.0527. The molecule has 0 atom stereocenters. The summed E-state index contributed by atoms with van der Waals surface area (Å²) in [6.07, 6.45) is 11.4. The highest BCUT2D eigenvalue weighted by molar-refractivity contribution is 4.90. The normalized spacial score (nSPS) is 26.6. The van der Waals surface area contributed by atoms with E-state index in [1.807, 2.05) is 0 Å². The second kappa shape index (κ2) is 7.26. The van der Waals surface area contributed by atoms with Gasteiger partial charge in [-0.2, -0.15) is 0 Å². The Bertz CT molecular complexity index is 273. The van der Waals surface area contributed by atoms with Gasteiger partial charge in [0.1, 0.15) is 0 Å². The Hall–Kier alpha value is -0.0800. The molecule has 2 nitrogen and oxygen atoms in total. The van der Waals surface area contributed by atoms with E-state index >= 15 is 0 Å². The van der Waals surface area contributed by atoms with Gasteiger partial charge in [0.15, 0.2) is 0 Å². The number of piperidine rings is 1. The zero-order valence-electron chi connectivity index (χ0n) is 14.1. The minimum absolute atomic E-state index is 0.578. The number of hydrogen-bond acceptors (Lipinski definition) is 2. The Labute approximate surface area is 126 Å². The lowest BCUT2D eigenvalue weighted by Gasteiger charge is -2.45. The van der Waals surface area contributed by atoms with Crippen LogP contribution in [0, 0.1) is 10.8 Å². The van der Waals surface area contributed by atoms with Crippen LogP contribution in [0.3, 0.4) is 0 Å². The number of rotatable bonds is 6. The first-order valence-electron chi connectivity index (χ1n) is 9.04. The van der Waals surface area contributed by atoms with E-state index in [1.165, 1.54) is 77.5 Å². The first-order chi connectivity index (χ1) is 9.61. The standard InChI is InChI=1S/C18H36N2/c1-4-17(3)11-13-20(14-12-17)16-18(15-19-5-2)9-7-6-8-10-18/h19H,4-16H2,1-3H3. The lowest BCUT2D eigenvalue weighted by atomic mass is 9.72. The summed E-state index contributed by atoms with van der Waals surface area (Å²) in [6, 6.07) is 0. The summed E-state index contributed by atoms with van der Waals surface area (Å²) in [4.78, 5) is 2.78. The molecule has 1 saturated carbocycles. The Balaban J connectivity index is 1.88. The molecule has 2 aliphatic rings. The smallest absolute Gasteiger partial charge is 0.00501 e. The van der Waals surface area contributed by atoms with E-state index in [9.17, 15) is 0 Å². The molecule has 1 saturated heterocycles. The van der Waals surface area contributed by atoms with Gasteiger partial charge in [0.05, 0.1) is 0 Å². The van der Waals surface area contributed by atoms with E-state index < -0.39 is 0 Å². The largest absolute Gasteiger partial charge is 0.316 e. The summed E-state index contributed by atoms with van der Waals surface area (Å²) >= 11 is 0. The second-order valence-corrected chi connectivity index (χ2v) is 7.78. The van der Waals surface area contributed by atoms with Gasteiger partial charge in [-0.25, -0.2) is 0 Å². The number of nitrogens with one attached hydrogen (secondary N) is 1. The zero-order chi connectivity index (χ0) is 14.5. The van der Waals surface area contributed by atoms with Crippen molar-refractivity contribution in [3.05, 3.63) is 0 Å². The van der Waals surface area contributed by atoms with Gasteiger partial charge in [-0.15, -0.1) is 0 Å². The Morgan fingerprint density at radius 2 is 1.60 bits per heavy atom. The quantitative estimate of drug-likeness (QED) is 0.789. The maximum Gasteiger partial charge on any atom is 0.00501 e. The van der Waals surface area contributed by atoms with Crippen LogP contribution in [0.25, 0.3) is 0 Å². The third-order valence-corrected chi connectivity index (χ3v) is 6.14. The Kier molecular flexibility index (Phi) is 5.92. The molecular weight excluding hydrogens is 244 g/mol. The number of nitrogens with zero attached hydrogens (tertiary/aromatic N) is 1. The van der Waals surface area contributed by atoms with E-state index in [0.29, 0.717) is 10.8 Å². The van der Waals surface area contributed by atoms with E-state index in [0.717, 1.165) is 6.54 Å². The van der Waals surface area contributed by atoms with Crippen molar-refractivity contribution < 1.29 is 0 Å². The van der Waals surface area contributed by atoms with Crippen molar-refractivity contribution in [2.24, 2.45) is 10.8 Å². The average Bonchev–Trinajstić information content (AvgIpc) is 2.49. The SMILES string of the molecule is CCNCC1(CN2CCC(C)(CC)CC2)CCCCC1. The topological polar surface area (TPSA) is 15.3 Å². The Morgan fingerprint density at radius 3 is 2.15 bits per heavy atom. The van der Waals surface area contributed by atoms with Crippen LogP contribution < -0.4 is 5.32 Å². The molecule has 0 bridgehead atoms. The second-order valence-electron chi connectivity index (χ2n) is 7.78. The summed E-state index contributed by atoms with van der Waals surface area (Å²) in [6.45, 7) is 13.5. The predicted octanol–water partition coefficient (Wildman–Crippen LogP) is 4.06. The van der Waals surface area contributed by atoms with Crippen LogP contribution >= 0.6 is 0 Å². The van der Waals surface area contributed by atoms with Crippen LogP contribution in [0.5, 0.6) is 0 Å². The van der Waals surface area contributed by atoms with Crippen molar-refractivity contribution in [2.75, 3.05) is 32.7 Å². The molecule has 0 aromatic heterocycles. The van der Waals surface area contributed by atoms with Crippen LogP contribution in [0.1, 0.15) is 72.1 Å². The first-order valence-corrected chi connectivity index (χ1v) is 9.04. The molecule has 2 heteroatoms. The molecule has 0 spiro atoms. The van der Waals surface area contributed by atoms with E-state index in [1.54, 1.807) is 0 Å². The van der Waals surface area contributed by atoms with E-state index in [2.05, 4.69) is 31.0 Å². The summed E-state index contributed by atoms with van der Waals surface area (Å²) in [5.41, 5.74) is 1.20.